The summed E-state index contributed by atoms with van der Waals surface area (Å²) in [4.78, 5) is 15.2. The van der Waals surface area contributed by atoms with E-state index >= 15 is 0 Å². The van der Waals surface area contributed by atoms with E-state index in [1.807, 2.05) is 36.7 Å². The zero-order valence-electron chi connectivity index (χ0n) is 12.4. The molecule has 0 amide bonds. The third-order valence-corrected chi connectivity index (χ3v) is 4.57. The third-order valence-electron chi connectivity index (χ3n) is 3.65. The molecule has 1 N–H and O–H groups in total. The standard InChI is InChI=1S/C17H14N4OS/c1-18-17-15(13-5-3-9-23-13)20-14(11-6-8-22-10-11)12-4-2-7-19-16(12)21-17/h2-10,15H,1H3,(H,18,19,21). The molecular weight excluding hydrogens is 308 g/mol. The second-order valence-corrected chi connectivity index (χ2v) is 6.01. The molecule has 0 radical (unpaired) electrons. The lowest BCUT2D eigenvalue weighted by molar-refractivity contribution is 0.567. The van der Waals surface area contributed by atoms with E-state index in [2.05, 4.69) is 16.4 Å². The number of furan rings is 1. The van der Waals surface area contributed by atoms with E-state index in [4.69, 9.17) is 14.4 Å². The average molecular weight is 322 g/mol. The molecule has 114 valence electrons. The van der Waals surface area contributed by atoms with E-state index in [1.54, 1.807) is 30.1 Å². The fourth-order valence-electron chi connectivity index (χ4n) is 2.57. The van der Waals surface area contributed by atoms with Gasteiger partial charge in [0.25, 0.3) is 0 Å². The number of aliphatic imine (C=N–C) groups is 2. The number of pyridine rings is 1. The molecule has 0 aliphatic carbocycles. The Bertz CT molecular complexity index is 866. The maximum Gasteiger partial charge on any atom is 0.163 e. The number of hydrogen-bond acceptors (Lipinski definition) is 6. The molecule has 5 nitrogen and oxygen atoms in total. The minimum Gasteiger partial charge on any atom is -0.472 e. The molecule has 3 aromatic rings. The molecule has 0 saturated carbocycles. The minimum atomic E-state index is -0.181. The predicted molar refractivity (Wildman–Crippen MR) is 91.8 cm³/mol. The number of likely N-dealkylation sites (N-methyl/N-ethyl adjacent to an activating group) is 1. The number of fused-ring (bicyclic) bond motifs is 1. The van der Waals surface area contributed by atoms with E-state index in [1.165, 1.54) is 0 Å². The fraction of sp³-hybridized carbons (Fsp3) is 0.118. The van der Waals surface area contributed by atoms with Gasteiger partial charge >= 0.3 is 0 Å². The van der Waals surface area contributed by atoms with Crippen LogP contribution < -0.4 is 5.32 Å². The van der Waals surface area contributed by atoms with Gasteiger partial charge in [-0.15, -0.1) is 11.3 Å². The van der Waals surface area contributed by atoms with Crippen molar-refractivity contribution in [3.05, 3.63) is 70.4 Å². The lowest BCUT2D eigenvalue weighted by atomic mass is 10.1. The van der Waals surface area contributed by atoms with Gasteiger partial charge in [-0.1, -0.05) is 6.07 Å². The molecule has 4 rings (SSSR count). The highest BCUT2D eigenvalue weighted by Crippen LogP contribution is 2.31. The Labute approximate surface area is 137 Å². The van der Waals surface area contributed by atoms with Crippen LogP contribution in [0.5, 0.6) is 0 Å². The predicted octanol–water partition coefficient (Wildman–Crippen LogP) is 3.58. The van der Waals surface area contributed by atoms with Crippen molar-refractivity contribution in [1.29, 1.82) is 0 Å². The van der Waals surface area contributed by atoms with Gasteiger partial charge in [0.2, 0.25) is 0 Å². The molecule has 1 unspecified atom stereocenters. The van der Waals surface area contributed by atoms with Crippen molar-refractivity contribution in [2.24, 2.45) is 9.98 Å². The molecule has 0 bridgehead atoms. The van der Waals surface area contributed by atoms with Crippen LogP contribution in [-0.2, 0) is 0 Å². The Morgan fingerprint density at radius 2 is 2.17 bits per heavy atom. The van der Waals surface area contributed by atoms with Gasteiger partial charge in [-0.25, -0.2) is 9.98 Å². The first-order chi connectivity index (χ1) is 11.4. The van der Waals surface area contributed by atoms with Crippen LogP contribution in [0, 0.1) is 0 Å². The molecule has 0 saturated heterocycles. The van der Waals surface area contributed by atoms with Crippen molar-refractivity contribution in [3.8, 4) is 0 Å². The lowest BCUT2D eigenvalue weighted by Crippen LogP contribution is -2.24. The highest BCUT2D eigenvalue weighted by atomic mass is 32.1. The second kappa shape index (κ2) is 5.81. The fourth-order valence-corrected chi connectivity index (χ4v) is 3.34. The summed E-state index contributed by atoms with van der Waals surface area (Å²) < 4.78 is 5.25. The van der Waals surface area contributed by atoms with Crippen LogP contribution in [0.1, 0.15) is 22.0 Å². The number of amidine groups is 1. The van der Waals surface area contributed by atoms with Gasteiger partial charge in [0.05, 0.1) is 18.2 Å². The van der Waals surface area contributed by atoms with Crippen molar-refractivity contribution in [2.45, 2.75) is 6.04 Å². The Balaban J connectivity index is 1.96. The van der Waals surface area contributed by atoms with E-state index in [0.29, 0.717) is 5.82 Å². The Hall–Kier alpha value is -2.73. The quantitative estimate of drug-likeness (QED) is 0.784. The molecule has 1 aliphatic rings. The van der Waals surface area contributed by atoms with Gasteiger partial charge < -0.3 is 9.73 Å². The van der Waals surface area contributed by atoms with Crippen molar-refractivity contribution in [3.63, 3.8) is 0 Å². The number of hydrogen-bond donors (Lipinski definition) is 1. The minimum absolute atomic E-state index is 0.181. The SMILES string of the molecule is CNC1=Nc2ncccc2C(c2ccoc2)=NC1c1cccs1. The molecule has 0 spiro atoms. The number of rotatable bonds is 2. The van der Waals surface area contributed by atoms with Crippen LogP contribution in [0.4, 0.5) is 5.82 Å². The normalized spacial score (nSPS) is 17.0. The molecule has 23 heavy (non-hydrogen) atoms. The van der Waals surface area contributed by atoms with E-state index < -0.39 is 0 Å². The van der Waals surface area contributed by atoms with Crippen molar-refractivity contribution >= 4 is 28.7 Å². The first-order valence-corrected chi connectivity index (χ1v) is 8.10. The molecule has 4 heterocycles. The highest BCUT2D eigenvalue weighted by molar-refractivity contribution is 7.10. The van der Waals surface area contributed by atoms with Gasteiger partial charge in [-0.2, -0.15) is 0 Å². The maximum absolute atomic E-state index is 5.25. The molecule has 1 aliphatic heterocycles. The van der Waals surface area contributed by atoms with Gasteiger partial charge in [0, 0.05) is 29.2 Å². The molecule has 1 atom stereocenters. The summed E-state index contributed by atoms with van der Waals surface area (Å²) in [5.41, 5.74) is 2.67. The Kier molecular flexibility index (Phi) is 3.51. The molecule has 0 aromatic carbocycles. The van der Waals surface area contributed by atoms with E-state index in [9.17, 15) is 0 Å². The van der Waals surface area contributed by atoms with Crippen LogP contribution in [0.25, 0.3) is 0 Å². The summed E-state index contributed by atoms with van der Waals surface area (Å²) in [6.07, 6.45) is 5.10. The zero-order valence-corrected chi connectivity index (χ0v) is 13.2. The number of aromatic nitrogens is 1. The van der Waals surface area contributed by atoms with E-state index in [0.717, 1.165) is 27.6 Å². The van der Waals surface area contributed by atoms with Crippen molar-refractivity contribution in [2.75, 3.05) is 7.05 Å². The van der Waals surface area contributed by atoms with Crippen LogP contribution in [0.3, 0.4) is 0 Å². The van der Waals surface area contributed by atoms with Gasteiger partial charge in [0.15, 0.2) is 5.82 Å². The third kappa shape index (κ3) is 2.47. The zero-order chi connectivity index (χ0) is 15.6. The summed E-state index contributed by atoms with van der Waals surface area (Å²) in [6, 6.07) is 9.71. The second-order valence-electron chi connectivity index (χ2n) is 5.03. The van der Waals surface area contributed by atoms with Crippen LogP contribution in [-0.4, -0.2) is 23.6 Å². The molecule has 3 aromatic heterocycles. The largest absolute Gasteiger partial charge is 0.472 e. The average Bonchev–Trinajstić information content (AvgIpc) is 3.26. The molecule has 0 fully saturated rings. The van der Waals surface area contributed by atoms with Crippen LogP contribution in [0.2, 0.25) is 0 Å². The van der Waals surface area contributed by atoms with Gasteiger partial charge in [-0.3, -0.25) is 4.99 Å². The number of nitrogens with zero attached hydrogens (tertiary/aromatic N) is 3. The summed E-state index contributed by atoms with van der Waals surface area (Å²) in [7, 11) is 1.86. The van der Waals surface area contributed by atoms with Gasteiger partial charge in [-0.05, 0) is 29.6 Å². The molecule has 6 heteroatoms. The first-order valence-electron chi connectivity index (χ1n) is 7.22. The van der Waals surface area contributed by atoms with Crippen molar-refractivity contribution in [1.82, 2.24) is 10.3 Å². The topological polar surface area (TPSA) is 62.8 Å². The number of thiophene rings is 1. The van der Waals surface area contributed by atoms with Crippen LogP contribution in [0.15, 0.2) is 68.8 Å². The Morgan fingerprint density at radius 3 is 2.91 bits per heavy atom. The molecular formula is C17H14N4OS. The summed E-state index contributed by atoms with van der Waals surface area (Å²) >= 11 is 1.66. The summed E-state index contributed by atoms with van der Waals surface area (Å²) in [6.45, 7) is 0. The lowest BCUT2D eigenvalue weighted by Gasteiger charge is -2.13. The van der Waals surface area contributed by atoms with Crippen LogP contribution >= 0.6 is 11.3 Å². The van der Waals surface area contributed by atoms with E-state index in [-0.39, 0.29) is 6.04 Å². The monoisotopic (exact) mass is 322 g/mol. The van der Waals surface area contributed by atoms with Gasteiger partial charge in [0.1, 0.15) is 11.9 Å². The summed E-state index contributed by atoms with van der Waals surface area (Å²) in [5, 5.41) is 5.22. The van der Waals surface area contributed by atoms with Crippen molar-refractivity contribution < 1.29 is 4.42 Å². The number of nitrogens with one attached hydrogen (secondary N) is 1. The first kappa shape index (κ1) is 13.9. The highest BCUT2D eigenvalue weighted by Gasteiger charge is 2.25. The smallest absolute Gasteiger partial charge is 0.163 e. The maximum atomic E-state index is 5.25. The Morgan fingerprint density at radius 1 is 1.22 bits per heavy atom. The summed E-state index contributed by atoms with van der Waals surface area (Å²) in [5.74, 6) is 1.45.